The van der Waals surface area contributed by atoms with Crippen molar-refractivity contribution in [2.24, 2.45) is 5.92 Å². The molecule has 2 nitrogen and oxygen atoms in total. The van der Waals surface area contributed by atoms with E-state index in [0.717, 1.165) is 17.1 Å². The Kier molecular flexibility index (Phi) is 2.58. The first-order valence-corrected chi connectivity index (χ1v) is 4.27. The third-order valence-electron chi connectivity index (χ3n) is 2.03. The maximum absolute atomic E-state index is 9.73. The molecule has 0 saturated heterocycles. The van der Waals surface area contributed by atoms with Crippen LogP contribution in [0.15, 0.2) is 10.5 Å². The zero-order valence-corrected chi connectivity index (χ0v) is 8.09. The fourth-order valence-corrected chi connectivity index (χ4v) is 1.30. The van der Waals surface area contributed by atoms with Gasteiger partial charge in [-0.3, -0.25) is 0 Å². The monoisotopic (exact) mass is 168 g/mol. The van der Waals surface area contributed by atoms with Crippen LogP contribution in [0.5, 0.6) is 0 Å². The fourth-order valence-electron chi connectivity index (χ4n) is 1.30. The SMILES string of the molecule is Cc1cc(C(O)C(C)C)c(C)o1. The maximum Gasteiger partial charge on any atom is 0.106 e. The predicted octanol–water partition coefficient (Wildman–Crippen LogP) is 2.59. The van der Waals surface area contributed by atoms with E-state index in [9.17, 15) is 5.11 Å². The highest BCUT2D eigenvalue weighted by Gasteiger charge is 2.17. The van der Waals surface area contributed by atoms with Crippen LogP contribution in [-0.4, -0.2) is 5.11 Å². The average molecular weight is 168 g/mol. The van der Waals surface area contributed by atoms with Crippen LogP contribution in [0.25, 0.3) is 0 Å². The molecule has 0 saturated carbocycles. The summed E-state index contributed by atoms with van der Waals surface area (Å²) in [5.41, 5.74) is 0.919. The highest BCUT2D eigenvalue weighted by molar-refractivity contribution is 5.22. The van der Waals surface area contributed by atoms with Gasteiger partial charge in [0.25, 0.3) is 0 Å². The molecule has 1 atom stereocenters. The average Bonchev–Trinajstić information content (AvgIpc) is 2.28. The lowest BCUT2D eigenvalue weighted by Crippen LogP contribution is -2.05. The molecule has 0 bridgehead atoms. The van der Waals surface area contributed by atoms with Crippen LogP contribution < -0.4 is 0 Å². The van der Waals surface area contributed by atoms with Gasteiger partial charge in [0, 0.05) is 5.56 Å². The fraction of sp³-hybridized carbons (Fsp3) is 0.600. The van der Waals surface area contributed by atoms with Crippen LogP contribution in [0.3, 0.4) is 0 Å². The molecule has 1 unspecified atom stereocenters. The minimum atomic E-state index is -0.401. The van der Waals surface area contributed by atoms with E-state index in [0.29, 0.717) is 0 Å². The smallest absolute Gasteiger partial charge is 0.106 e. The van der Waals surface area contributed by atoms with Crippen molar-refractivity contribution >= 4 is 0 Å². The number of hydrogen-bond acceptors (Lipinski definition) is 2. The minimum absolute atomic E-state index is 0.237. The standard InChI is InChI=1S/C10H16O2/c1-6(2)10(11)9-5-7(3)12-8(9)4/h5-6,10-11H,1-4H3. The summed E-state index contributed by atoms with van der Waals surface area (Å²) < 4.78 is 5.33. The molecule has 12 heavy (non-hydrogen) atoms. The lowest BCUT2D eigenvalue weighted by Gasteiger charge is -2.12. The topological polar surface area (TPSA) is 33.4 Å². The molecule has 0 aliphatic rings. The Morgan fingerprint density at radius 3 is 2.25 bits per heavy atom. The van der Waals surface area contributed by atoms with Gasteiger partial charge in [0.05, 0.1) is 6.10 Å². The van der Waals surface area contributed by atoms with Gasteiger partial charge in [-0.15, -0.1) is 0 Å². The zero-order chi connectivity index (χ0) is 9.30. The summed E-state index contributed by atoms with van der Waals surface area (Å²) in [5.74, 6) is 1.93. The van der Waals surface area contributed by atoms with Crippen molar-refractivity contribution in [2.45, 2.75) is 33.8 Å². The van der Waals surface area contributed by atoms with Gasteiger partial charge in [-0.2, -0.15) is 0 Å². The molecular weight excluding hydrogens is 152 g/mol. The summed E-state index contributed by atoms with van der Waals surface area (Å²) in [5, 5.41) is 9.73. The van der Waals surface area contributed by atoms with Gasteiger partial charge >= 0.3 is 0 Å². The molecule has 0 spiro atoms. The summed E-state index contributed by atoms with van der Waals surface area (Å²) in [7, 11) is 0. The van der Waals surface area contributed by atoms with Gasteiger partial charge in [-0.25, -0.2) is 0 Å². The second-order valence-corrected chi connectivity index (χ2v) is 3.56. The van der Waals surface area contributed by atoms with E-state index >= 15 is 0 Å². The molecule has 1 rings (SSSR count). The van der Waals surface area contributed by atoms with Gasteiger partial charge < -0.3 is 9.52 Å². The lowest BCUT2D eigenvalue weighted by molar-refractivity contribution is 0.125. The quantitative estimate of drug-likeness (QED) is 0.736. The molecule has 1 N–H and O–H groups in total. The molecule has 68 valence electrons. The third kappa shape index (κ3) is 1.69. The van der Waals surface area contributed by atoms with E-state index < -0.39 is 6.10 Å². The van der Waals surface area contributed by atoms with Crippen LogP contribution in [0, 0.1) is 19.8 Å². The van der Waals surface area contributed by atoms with E-state index in [2.05, 4.69) is 0 Å². The molecule has 0 aliphatic carbocycles. The van der Waals surface area contributed by atoms with Crippen molar-refractivity contribution in [1.29, 1.82) is 0 Å². The van der Waals surface area contributed by atoms with Crippen molar-refractivity contribution < 1.29 is 9.52 Å². The summed E-state index contributed by atoms with van der Waals surface area (Å²) in [6.07, 6.45) is -0.401. The number of hydrogen-bond donors (Lipinski definition) is 1. The Balaban J connectivity index is 2.94. The first-order chi connectivity index (χ1) is 5.52. The highest BCUT2D eigenvalue weighted by atomic mass is 16.3. The molecule has 1 aromatic heterocycles. The molecule has 1 heterocycles. The largest absolute Gasteiger partial charge is 0.466 e. The summed E-state index contributed by atoms with van der Waals surface area (Å²) in [6.45, 7) is 7.76. The van der Waals surface area contributed by atoms with E-state index in [1.807, 2.05) is 33.8 Å². The molecule has 0 aromatic carbocycles. The van der Waals surface area contributed by atoms with Gasteiger partial charge in [-0.05, 0) is 25.8 Å². The Morgan fingerprint density at radius 1 is 1.33 bits per heavy atom. The molecule has 1 aromatic rings. The molecule has 2 heteroatoms. The van der Waals surface area contributed by atoms with Crippen LogP contribution in [0.2, 0.25) is 0 Å². The molecule has 0 radical (unpaired) electrons. The highest BCUT2D eigenvalue weighted by Crippen LogP contribution is 2.26. The zero-order valence-electron chi connectivity index (χ0n) is 8.09. The lowest BCUT2D eigenvalue weighted by atomic mass is 10.00. The van der Waals surface area contributed by atoms with Crippen LogP contribution in [-0.2, 0) is 0 Å². The van der Waals surface area contributed by atoms with Crippen LogP contribution >= 0.6 is 0 Å². The number of aliphatic hydroxyl groups excluding tert-OH is 1. The van der Waals surface area contributed by atoms with Crippen molar-refractivity contribution in [1.82, 2.24) is 0 Å². The van der Waals surface area contributed by atoms with Gasteiger partial charge in [0.1, 0.15) is 11.5 Å². The van der Waals surface area contributed by atoms with E-state index in [1.54, 1.807) is 0 Å². The number of aliphatic hydroxyl groups is 1. The summed E-state index contributed by atoms with van der Waals surface area (Å²) in [6, 6.07) is 1.90. The third-order valence-corrected chi connectivity index (χ3v) is 2.03. The van der Waals surface area contributed by atoms with E-state index in [1.165, 1.54) is 0 Å². The van der Waals surface area contributed by atoms with Gasteiger partial charge in [0.15, 0.2) is 0 Å². The maximum atomic E-state index is 9.73. The first kappa shape index (κ1) is 9.33. The van der Waals surface area contributed by atoms with Crippen molar-refractivity contribution in [3.8, 4) is 0 Å². The van der Waals surface area contributed by atoms with Crippen LogP contribution in [0.4, 0.5) is 0 Å². The van der Waals surface area contributed by atoms with Crippen molar-refractivity contribution in [2.75, 3.05) is 0 Å². The van der Waals surface area contributed by atoms with E-state index in [-0.39, 0.29) is 5.92 Å². The van der Waals surface area contributed by atoms with Crippen molar-refractivity contribution in [3.63, 3.8) is 0 Å². The van der Waals surface area contributed by atoms with Gasteiger partial charge in [-0.1, -0.05) is 13.8 Å². The Morgan fingerprint density at radius 2 is 1.92 bits per heavy atom. The predicted molar refractivity (Wildman–Crippen MR) is 48.0 cm³/mol. The first-order valence-electron chi connectivity index (χ1n) is 4.27. The Hall–Kier alpha value is -0.760. The second-order valence-electron chi connectivity index (χ2n) is 3.56. The summed E-state index contributed by atoms with van der Waals surface area (Å²) in [4.78, 5) is 0. The van der Waals surface area contributed by atoms with Crippen LogP contribution in [0.1, 0.15) is 37.0 Å². The Bertz CT molecular complexity index is 261. The number of furan rings is 1. The molecule has 0 fully saturated rings. The summed E-state index contributed by atoms with van der Waals surface area (Å²) >= 11 is 0. The Labute approximate surface area is 73.2 Å². The molecule has 0 amide bonds. The normalized spacial score (nSPS) is 13.8. The molecule has 0 aliphatic heterocycles. The number of aryl methyl sites for hydroxylation is 2. The van der Waals surface area contributed by atoms with Crippen molar-refractivity contribution in [3.05, 3.63) is 23.2 Å². The minimum Gasteiger partial charge on any atom is -0.466 e. The molecular formula is C10H16O2. The van der Waals surface area contributed by atoms with E-state index in [4.69, 9.17) is 4.42 Å². The second kappa shape index (κ2) is 3.31. The van der Waals surface area contributed by atoms with Gasteiger partial charge in [0.2, 0.25) is 0 Å². The number of rotatable bonds is 2.